The predicted octanol–water partition coefficient (Wildman–Crippen LogP) is 3.30. The summed E-state index contributed by atoms with van der Waals surface area (Å²) in [6.45, 7) is 1.98. The molecule has 0 fully saturated rings. The fraction of sp³-hybridized carbons (Fsp3) is 0.167. The van der Waals surface area contributed by atoms with E-state index in [1.54, 1.807) is 30.4 Å². The van der Waals surface area contributed by atoms with Crippen molar-refractivity contribution in [2.24, 2.45) is 0 Å². The van der Waals surface area contributed by atoms with Gasteiger partial charge in [-0.15, -0.1) is 0 Å². The van der Waals surface area contributed by atoms with E-state index < -0.39 is 0 Å². The van der Waals surface area contributed by atoms with Crippen LogP contribution in [0.5, 0.6) is 0 Å². The highest BCUT2D eigenvalue weighted by molar-refractivity contribution is 5.93. The van der Waals surface area contributed by atoms with Gasteiger partial charge in [-0.25, -0.2) is 0 Å². The number of aromatic nitrogens is 3. The Bertz CT molecular complexity index is 783. The van der Waals surface area contributed by atoms with Crippen molar-refractivity contribution in [3.63, 3.8) is 0 Å². The van der Waals surface area contributed by atoms with E-state index in [4.69, 9.17) is 0 Å². The van der Waals surface area contributed by atoms with Gasteiger partial charge in [0.2, 0.25) is 0 Å². The molecule has 0 spiro atoms. The van der Waals surface area contributed by atoms with Crippen LogP contribution in [-0.4, -0.2) is 33.0 Å². The van der Waals surface area contributed by atoms with E-state index in [2.05, 4.69) is 15.2 Å². The lowest BCUT2D eigenvalue weighted by Crippen LogP contribution is -2.30. The summed E-state index contributed by atoms with van der Waals surface area (Å²) in [6, 6.07) is 15.3. The topological polar surface area (TPSA) is 61.9 Å². The molecule has 5 heteroatoms. The largest absolute Gasteiger partial charge is 0.334 e. The SMILES string of the molecule is CC(c1cccnc1)N(C)C(=O)c1cc(-c2ccccc2)n[nH]1. The van der Waals surface area contributed by atoms with E-state index in [0.29, 0.717) is 5.69 Å². The van der Waals surface area contributed by atoms with Gasteiger partial charge in [0.15, 0.2) is 0 Å². The summed E-state index contributed by atoms with van der Waals surface area (Å²) in [5.41, 5.74) is 3.20. The highest BCUT2D eigenvalue weighted by Gasteiger charge is 2.21. The minimum absolute atomic E-state index is 0.0697. The monoisotopic (exact) mass is 306 g/mol. The van der Waals surface area contributed by atoms with Crippen LogP contribution >= 0.6 is 0 Å². The molecule has 1 N–H and O–H groups in total. The molecule has 3 aromatic rings. The van der Waals surface area contributed by atoms with E-state index in [1.165, 1.54) is 0 Å². The Kier molecular flexibility index (Phi) is 4.19. The van der Waals surface area contributed by atoms with Crippen LogP contribution in [0.3, 0.4) is 0 Å². The lowest BCUT2D eigenvalue weighted by Gasteiger charge is -2.24. The smallest absolute Gasteiger partial charge is 0.272 e. The number of benzene rings is 1. The van der Waals surface area contributed by atoms with Crippen LogP contribution in [0.1, 0.15) is 29.0 Å². The first-order valence-electron chi connectivity index (χ1n) is 7.44. The zero-order chi connectivity index (χ0) is 16.2. The second-order valence-electron chi connectivity index (χ2n) is 5.41. The third-order valence-corrected chi connectivity index (χ3v) is 3.95. The van der Waals surface area contributed by atoms with E-state index in [9.17, 15) is 4.79 Å². The average molecular weight is 306 g/mol. The maximum absolute atomic E-state index is 12.6. The molecule has 1 aromatic carbocycles. The number of carbonyl (C=O) groups excluding carboxylic acids is 1. The van der Waals surface area contributed by atoms with Crippen LogP contribution in [0.2, 0.25) is 0 Å². The molecule has 2 aromatic heterocycles. The van der Waals surface area contributed by atoms with E-state index >= 15 is 0 Å². The summed E-state index contributed by atoms with van der Waals surface area (Å²) >= 11 is 0. The third-order valence-electron chi connectivity index (χ3n) is 3.95. The van der Waals surface area contributed by atoms with Gasteiger partial charge in [-0.1, -0.05) is 36.4 Å². The van der Waals surface area contributed by atoms with Crippen molar-refractivity contribution in [1.82, 2.24) is 20.1 Å². The van der Waals surface area contributed by atoms with Crippen LogP contribution in [0.15, 0.2) is 60.9 Å². The average Bonchev–Trinajstić information content (AvgIpc) is 3.11. The van der Waals surface area contributed by atoms with Crippen molar-refractivity contribution in [2.45, 2.75) is 13.0 Å². The minimum Gasteiger partial charge on any atom is -0.334 e. The molecule has 23 heavy (non-hydrogen) atoms. The Balaban J connectivity index is 1.79. The van der Waals surface area contributed by atoms with Gasteiger partial charge >= 0.3 is 0 Å². The van der Waals surface area contributed by atoms with Crippen LogP contribution in [-0.2, 0) is 0 Å². The second kappa shape index (κ2) is 6.44. The maximum atomic E-state index is 12.6. The Hall–Kier alpha value is -2.95. The van der Waals surface area contributed by atoms with Gasteiger partial charge in [0, 0.05) is 25.0 Å². The number of nitrogens with one attached hydrogen (secondary N) is 1. The summed E-state index contributed by atoms with van der Waals surface area (Å²) in [4.78, 5) is 18.4. The molecule has 1 atom stereocenters. The highest BCUT2D eigenvalue weighted by Crippen LogP contribution is 2.21. The number of amides is 1. The third kappa shape index (κ3) is 3.13. The molecule has 0 aliphatic carbocycles. The Morgan fingerprint density at radius 2 is 1.96 bits per heavy atom. The van der Waals surface area contributed by atoms with Gasteiger partial charge in [0.05, 0.1) is 11.7 Å². The van der Waals surface area contributed by atoms with E-state index in [-0.39, 0.29) is 11.9 Å². The predicted molar refractivity (Wildman–Crippen MR) is 88.8 cm³/mol. The normalized spacial score (nSPS) is 11.9. The number of hydrogen-bond donors (Lipinski definition) is 1. The molecule has 0 radical (unpaired) electrons. The number of carbonyl (C=O) groups is 1. The molecular weight excluding hydrogens is 288 g/mol. The van der Waals surface area contributed by atoms with Gasteiger partial charge < -0.3 is 4.90 Å². The Morgan fingerprint density at radius 1 is 1.17 bits per heavy atom. The van der Waals surface area contributed by atoms with Crippen molar-refractivity contribution in [3.05, 3.63) is 72.2 Å². The second-order valence-corrected chi connectivity index (χ2v) is 5.41. The number of aromatic amines is 1. The molecule has 0 aliphatic rings. The number of nitrogens with zero attached hydrogens (tertiary/aromatic N) is 3. The summed E-state index contributed by atoms with van der Waals surface area (Å²) in [6.07, 6.45) is 3.50. The lowest BCUT2D eigenvalue weighted by molar-refractivity contribution is 0.0736. The fourth-order valence-corrected chi connectivity index (χ4v) is 2.40. The van der Waals surface area contributed by atoms with Gasteiger partial charge in [0.1, 0.15) is 5.69 Å². The molecular formula is C18H18N4O. The number of pyridine rings is 1. The van der Waals surface area contributed by atoms with Crippen LogP contribution in [0.4, 0.5) is 0 Å². The van der Waals surface area contributed by atoms with Crippen LogP contribution in [0, 0.1) is 0 Å². The van der Waals surface area contributed by atoms with Crippen LogP contribution in [0.25, 0.3) is 11.3 Å². The number of rotatable bonds is 4. The zero-order valence-electron chi connectivity index (χ0n) is 13.1. The van der Waals surface area contributed by atoms with Crippen molar-refractivity contribution in [1.29, 1.82) is 0 Å². The van der Waals surface area contributed by atoms with Gasteiger partial charge in [-0.3, -0.25) is 14.9 Å². The first-order chi connectivity index (χ1) is 11.2. The van der Waals surface area contributed by atoms with Crippen molar-refractivity contribution < 1.29 is 4.79 Å². The van der Waals surface area contributed by atoms with Gasteiger partial charge in [0.25, 0.3) is 5.91 Å². The first-order valence-corrected chi connectivity index (χ1v) is 7.44. The minimum atomic E-state index is -0.101. The standard InChI is InChI=1S/C18H18N4O/c1-13(15-9-6-10-19-12-15)22(2)18(23)17-11-16(20-21-17)14-7-4-3-5-8-14/h3-13H,1-2H3,(H,20,21). The van der Waals surface area contributed by atoms with Crippen LogP contribution < -0.4 is 0 Å². The molecule has 5 nitrogen and oxygen atoms in total. The van der Waals surface area contributed by atoms with Crippen molar-refractivity contribution in [3.8, 4) is 11.3 Å². The van der Waals surface area contributed by atoms with Crippen molar-refractivity contribution >= 4 is 5.91 Å². The summed E-state index contributed by atoms with van der Waals surface area (Å²) in [5, 5.41) is 7.07. The lowest BCUT2D eigenvalue weighted by atomic mass is 10.1. The molecule has 3 rings (SSSR count). The molecule has 2 heterocycles. The molecule has 0 bridgehead atoms. The van der Waals surface area contributed by atoms with Gasteiger partial charge in [-0.05, 0) is 24.6 Å². The number of hydrogen-bond acceptors (Lipinski definition) is 3. The summed E-state index contributed by atoms with van der Waals surface area (Å²) in [5.74, 6) is -0.101. The fourth-order valence-electron chi connectivity index (χ4n) is 2.40. The Labute approximate surface area is 135 Å². The van der Waals surface area contributed by atoms with Crippen molar-refractivity contribution in [2.75, 3.05) is 7.05 Å². The van der Waals surface area contributed by atoms with E-state index in [1.807, 2.05) is 49.4 Å². The molecule has 1 amide bonds. The highest BCUT2D eigenvalue weighted by atomic mass is 16.2. The maximum Gasteiger partial charge on any atom is 0.272 e. The molecule has 0 aliphatic heterocycles. The summed E-state index contributed by atoms with van der Waals surface area (Å²) < 4.78 is 0. The quantitative estimate of drug-likeness (QED) is 0.804. The van der Waals surface area contributed by atoms with E-state index in [0.717, 1.165) is 16.8 Å². The zero-order valence-corrected chi connectivity index (χ0v) is 13.1. The Morgan fingerprint density at radius 3 is 2.65 bits per heavy atom. The summed E-state index contributed by atoms with van der Waals surface area (Å²) in [7, 11) is 1.78. The number of H-pyrrole nitrogens is 1. The molecule has 0 saturated heterocycles. The molecule has 1 unspecified atom stereocenters. The first kappa shape index (κ1) is 15.0. The molecule has 116 valence electrons. The molecule has 0 saturated carbocycles. The van der Waals surface area contributed by atoms with Gasteiger partial charge in [-0.2, -0.15) is 5.10 Å².